The molecule has 0 unspecified atom stereocenters. The number of carbonyl (C=O) groups is 1. The van der Waals surface area contributed by atoms with E-state index in [-0.39, 0.29) is 16.5 Å². The smallest absolute Gasteiger partial charge is 0.249 e. The van der Waals surface area contributed by atoms with Crippen molar-refractivity contribution in [3.63, 3.8) is 0 Å². The van der Waals surface area contributed by atoms with E-state index in [4.69, 9.17) is 10.5 Å². The number of nitrogens with two attached hydrogens (primary N) is 1. The van der Waals surface area contributed by atoms with Crippen molar-refractivity contribution >= 4 is 15.9 Å². The van der Waals surface area contributed by atoms with Crippen LogP contribution in [-0.2, 0) is 14.8 Å². The van der Waals surface area contributed by atoms with Crippen molar-refractivity contribution in [1.82, 2.24) is 9.62 Å². The second kappa shape index (κ2) is 7.39. The summed E-state index contributed by atoms with van der Waals surface area (Å²) in [6.07, 6.45) is 0. The molecule has 0 saturated carbocycles. The average molecular weight is 341 g/mol. The number of carbonyl (C=O) groups excluding carboxylic acids is 1. The van der Waals surface area contributed by atoms with Crippen LogP contribution in [0.15, 0.2) is 23.1 Å². The topological polar surface area (TPSA) is 102 Å². The molecule has 0 bridgehead atoms. The third-order valence-electron chi connectivity index (χ3n) is 3.78. The fourth-order valence-corrected chi connectivity index (χ4v) is 3.84. The monoisotopic (exact) mass is 341 g/mol. The highest BCUT2D eigenvalue weighted by Gasteiger charge is 2.21. The average Bonchev–Trinajstić information content (AvgIpc) is 2.47. The van der Waals surface area contributed by atoms with Gasteiger partial charge in [0.1, 0.15) is 0 Å². The van der Waals surface area contributed by atoms with E-state index in [0.29, 0.717) is 25.3 Å². The SMILES string of the molecule is Cc1ccc(S(=O)(=O)N[C@@H](C)CN2CCOCC2)cc1C(N)=O. The Bertz CT molecular complexity index is 669. The van der Waals surface area contributed by atoms with Gasteiger partial charge in [-0.2, -0.15) is 0 Å². The quantitative estimate of drug-likeness (QED) is 0.764. The number of primary amides is 1. The van der Waals surface area contributed by atoms with Gasteiger partial charge >= 0.3 is 0 Å². The van der Waals surface area contributed by atoms with Crippen LogP contribution < -0.4 is 10.5 Å². The Morgan fingerprint density at radius 2 is 2.04 bits per heavy atom. The summed E-state index contributed by atoms with van der Waals surface area (Å²) in [5, 5.41) is 0. The minimum Gasteiger partial charge on any atom is -0.379 e. The Hall–Kier alpha value is -1.48. The summed E-state index contributed by atoms with van der Waals surface area (Å²) in [6, 6.07) is 4.13. The molecule has 3 N–H and O–H groups in total. The molecule has 1 aromatic carbocycles. The maximum Gasteiger partial charge on any atom is 0.249 e. The summed E-state index contributed by atoms with van der Waals surface area (Å²) in [5.74, 6) is -0.638. The van der Waals surface area contributed by atoms with Crippen molar-refractivity contribution in [3.8, 4) is 0 Å². The number of nitrogens with zero attached hydrogens (tertiary/aromatic N) is 1. The molecule has 0 aromatic heterocycles. The summed E-state index contributed by atoms with van der Waals surface area (Å²) in [7, 11) is -3.70. The van der Waals surface area contributed by atoms with E-state index in [0.717, 1.165) is 13.1 Å². The Labute approximate surface area is 136 Å². The summed E-state index contributed by atoms with van der Waals surface area (Å²) in [4.78, 5) is 13.6. The molecular weight excluding hydrogens is 318 g/mol. The minimum absolute atomic E-state index is 0.0470. The maximum atomic E-state index is 12.5. The van der Waals surface area contributed by atoms with Crippen LogP contribution in [0.1, 0.15) is 22.8 Å². The maximum absolute atomic E-state index is 12.5. The molecule has 7 nitrogen and oxygen atoms in total. The molecule has 1 fully saturated rings. The number of amides is 1. The molecule has 128 valence electrons. The van der Waals surface area contributed by atoms with Gasteiger partial charge in [-0.15, -0.1) is 0 Å². The van der Waals surface area contributed by atoms with Crippen molar-refractivity contribution in [2.24, 2.45) is 5.73 Å². The van der Waals surface area contributed by atoms with Crippen LogP contribution in [0.4, 0.5) is 0 Å². The fourth-order valence-electron chi connectivity index (χ4n) is 2.57. The molecule has 0 aliphatic carbocycles. The van der Waals surface area contributed by atoms with Gasteiger partial charge in [-0.25, -0.2) is 13.1 Å². The van der Waals surface area contributed by atoms with E-state index in [9.17, 15) is 13.2 Å². The molecule has 0 spiro atoms. The zero-order chi connectivity index (χ0) is 17.0. The number of nitrogens with one attached hydrogen (secondary N) is 1. The number of hydrogen-bond donors (Lipinski definition) is 2. The van der Waals surface area contributed by atoms with E-state index in [1.165, 1.54) is 12.1 Å². The largest absolute Gasteiger partial charge is 0.379 e. The van der Waals surface area contributed by atoms with Crippen LogP contribution in [-0.4, -0.2) is 58.1 Å². The summed E-state index contributed by atoms with van der Waals surface area (Å²) in [5.41, 5.74) is 6.15. The first-order valence-electron chi connectivity index (χ1n) is 7.52. The Morgan fingerprint density at radius 1 is 1.39 bits per heavy atom. The summed E-state index contributed by atoms with van der Waals surface area (Å²) >= 11 is 0. The second-order valence-electron chi connectivity index (χ2n) is 5.78. The number of sulfonamides is 1. The molecule has 1 aromatic rings. The lowest BCUT2D eigenvalue weighted by molar-refractivity contribution is 0.0354. The van der Waals surface area contributed by atoms with Crippen molar-refractivity contribution in [2.45, 2.75) is 24.8 Å². The highest BCUT2D eigenvalue weighted by atomic mass is 32.2. The highest BCUT2D eigenvalue weighted by Crippen LogP contribution is 2.16. The van der Waals surface area contributed by atoms with Crippen LogP contribution in [0.3, 0.4) is 0 Å². The third-order valence-corrected chi connectivity index (χ3v) is 5.36. The van der Waals surface area contributed by atoms with Crippen LogP contribution in [0.5, 0.6) is 0 Å². The lowest BCUT2D eigenvalue weighted by Crippen LogP contribution is -2.45. The minimum atomic E-state index is -3.70. The van der Waals surface area contributed by atoms with Crippen LogP contribution >= 0.6 is 0 Å². The number of rotatable bonds is 6. The summed E-state index contributed by atoms with van der Waals surface area (Å²) < 4.78 is 32.8. The standard InChI is InChI=1S/C15H23N3O4S/c1-11-3-4-13(9-14(11)15(16)19)23(20,21)17-12(2)10-18-5-7-22-8-6-18/h3-4,9,12,17H,5-8,10H2,1-2H3,(H2,16,19)/t12-/m0/s1. The number of ether oxygens (including phenoxy) is 1. The summed E-state index contributed by atoms with van der Waals surface area (Å²) in [6.45, 7) is 7.06. The first kappa shape index (κ1) is 17.9. The van der Waals surface area contributed by atoms with Gasteiger partial charge < -0.3 is 10.5 Å². The van der Waals surface area contributed by atoms with Gasteiger partial charge in [0.2, 0.25) is 15.9 Å². The number of morpholine rings is 1. The molecule has 1 aliphatic rings. The van der Waals surface area contributed by atoms with Gasteiger partial charge in [0.25, 0.3) is 0 Å². The van der Waals surface area contributed by atoms with Crippen molar-refractivity contribution in [1.29, 1.82) is 0 Å². The predicted molar refractivity (Wildman–Crippen MR) is 86.7 cm³/mol. The normalized spacial score (nSPS) is 17.8. The molecule has 2 rings (SSSR count). The molecule has 23 heavy (non-hydrogen) atoms. The van der Waals surface area contributed by atoms with Crippen LogP contribution in [0, 0.1) is 6.92 Å². The number of aryl methyl sites for hydroxylation is 1. The van der Waals surface area contributed by atoms with Gasteiger partial charge in [0, 0.05) is 31.2 Å². The lowest BCUT2D eigenvalue weighted by Gasteiger charge is -2.29. The predicted octanol–water partition coefficient (Wildman–Crippen LogP) is 0.0929. The van der Waals surface area contributed by atoms with E-state index in [1.54, 1.807) is 13.0 Å². The van der Waals surface area contributed by atoms with E-state index in [2.05, 4.69) is 9.62 Å². The van der Waals surface area contributed by atoms with E-state index >= 15 is 0 Å². The van der Waals surface area contributed by atoms with Crippen molar-refractivity contribution in [2.75, 3.05) is 32.8 Å². The third kappa shape index (κ3) is 4.74. The lowest BCUT2D eigenvalue weighted by atomic mass is 10.1. The molecule has 1 aliphatic heterocycles. The first-order chi connectivity index (χ1) is 10.8. The molecule has 1 amide bonds. The van der Waals surface area contributed by atoms with Crippen LogP contribution in [0.2, 0.25) is 0 Å². The van der Waals surface area contributed by atoms with Gasteiger partial charge in [0.15, 0.2) is 0 Å². The fraction of sp³-hybridized carbons (Fsp3) is 0.533. The Kier molecular flexibility index (Phi) is 5.74. The molecule has 1 heterocycles. The van der Waals surface area contributed by atoms with E-state index < -0.39 is 15.9 Å². The highest BCUT2D eigenvalue weighted by molar-refractivity contribution is 7.89. The molecule has 0 radical (unpaired) electrons. The zero-order valence-electron chi connectivity index (χ0n) is 13.4. The number of benzene rings is 1. The molecular formula is C15H23N3O4S. The zero-order valence-corrected chi connectivity index (χ0v) is 14.2. The molecule has 1 saturated heterocycles. The first-order valence-corrected chi connectivity index (χ1v) is 9.01. The molecule has 8 heteroatoms. The van der Waals surface area contributed by atoms with Gasteiger partial charge in [-0.05, 0) is 31.5 Å². The van der Waals surface area contributed by atoms with Gasteiger partial charge in [-0.3, -0.25) is 9.69 Å². The second-order valence-corrected chi connectivity index (χ2v) is 7.49. The molecule has 1 atom stereocenters. The Balaban J connectivity index is 2.08. The number of hydrogen-bond acceptors (Lipinski definition) is 5. The van der Waals surface area contributed by atoms with Crippen LogP contribution in [0.25, 0.3) is 0 Å². The van der Waals surface area contributed by atoms with Gasteiger partial charge in [-0.1, -0.05) is 6.07 Å². The Morgan fingerprint density at radius 3 is 2.65 bits per heavy atom. The van der Waals surface area contributed by atoms with Gasteiger partial charge in [0.05, 0.1) is 18.1 Å². The van der Waals surface area contributed by atoms with Crippen molar-refractivity contribution in [3.05, 3.63) is 29.3 Å². The van der Waals surface area contributed by atoms with E-state index in [1.807, 2.05) is 6.92 Å². The van der Waals surface area contributed by atoms with Crippen molar-refractivity contribution < 1.29 is 17.9 Å².